The van der Waals surface area contributed by atoms with Gasteiger partial charge < -0.3 is 15.2 Å². The van der Waals surface area contributed by atoms with Crippen LogP contribution >= 0.6 is 27.3 Å². The number of methoxy groups -OCH3 is 1. The van der Waals surface area contributed by atoms with E-state index in [9.17, 15) is 27.5 Å². The molecule has 1 aromatic heterocycles. The number of aromatic nitrogens is 1. The average Bonchev–Trinajstić information content (AvgIpc) is 3.45. The van der Waals surface area contributed by atoms with Gasteiger partial charge in [0.2, 0.25) is 10.0 Å². The SMILES string of the molecule is COC(=O)C1=C(C2CCN(S(=O)(=O)[C@H]3C[C@@](C)(C(=O)O)C3)CC2)NC(c2nccs2)=NC1c1ccc(F)cc1Br. The highest BCUT2D eigenvalue weighted by molar-refractivity contribution is 9.10. The van der Waals surface area contributed by atoms with Crippen molar-refractivity contribution in [2.24, 2.45) is 16.3 Å². The fourth-order valence-electron chi connectivity index (χ4n) is 5.56. The second-order valence-electron chi connectivity index (χ2n) is 10.4. The maximum absolute atomic E-state index is 13.9. The number of aliphatic imine (C=N–C) groups is 1. The molecule has 2 fully saturated rings. The molecule has 0 amide bonds. The van der Waals surface area contributed by atoms with E-state index in [-0.39, 0.29) is 37.4 Å². The van der Waals surface area contributed by atoms with Crippen molar-refractivity contribution >= 4 is 55.1 Å². The molecule has 10 nitrogen and oxygen atoms in total. The summed E-state index contributed by atoms with van der Waals surface area (Å²) in [6, 6.07) is 3.36. The smallest absolute Gasteiger partial charge is 0.338 e. The van der Waals surface area contributed by atoms with E-state index in [1.54, 1.807) is 24.6 Å². The van der Waals surface area contributed by atoms with Crippen molar-refractivity contribution in [1.82, 2.24) is 14.6 Å². The van der Waals surface area contributed by atoms with Gasteiger partial charge in [-0.15, -0.1) is 11.3 Å². The van der Waals surface area contributed by atoms with Crippen LogP contribution in [0.5, 0.6) is 0 Å². The van der Waals surface area contributed by atoms with Gasteiger partial charge in [0.25, 0.3) is 0 Å². The summed E-state index contributed by atoms with van der Waals surface area (Å²) in [5.74, 6) is -1.79. The zero-order valence-corrected chi connectivity index (χ0v) is 25.0. The lowest BCUT2D eigenvalue weighted by Crippen LogP contribution is -2.54. The number of sulfonamides is 1. The Morgan fingerprint density at radius 3 is 2.55 bits per heavy atom. The number of aliphatic carboxylic acids is 1. The predicted molar refractivity (Wildman–Crippen MR) is 150 cm³/mol. The summed E-state index contributed by atoms with van der Waals surface area (Å²) < 4.78 is 47.5. The number of esters is 1. The van der Waals surface area contributed by atoms with Crippen molar-refractivity contribution in [2.45, 2.75) is 43.9 Å². The Morgan fingerprint density at radius 1 is 1.27 bits per heavy atom. The molecule has 14 heteroatoms. The van der Waals surface area contributed by atoms with Crippen LogP contribution in [0.3, 0.4) is 0 Å². The molecule has 1 aliphatic carbocycles. The van der Waals surface area contributed by atoms with Crippen molar-refractivity contribution < 1.29 is 32.2 Å². The van der Waals surface area contributed by atoms with E-state index >= 15 is 0 Å². The maximum atomic E-state index is 13.9. The summed E-state index contributed by atoms with van der Waals surface area (Å²) in [6.07, 6.45) is 2.67. The third kappa shape index (κ3) is 5.21. The first-order valence-electron chi connectivity index (χ1n) is 12.7. The van der Waals surface area contributed by atoms with Crippen molar-refractivity contribution in [3.63, 3.8) is 0 Å². The number of carboxylic acid groups (broad SMARTS) is 1. The number of carbonyl (C=O) groups excluding carboxylic acids is 1. The van der Waals surface area contributed by atoms with Gasteiger partial charge in [-0.1, -0.05) is 22.0 Å². The first-order chi connectivity index (χ1) is 18.9. The van der Waals surface area contributed by atoms with Gasteiger partial charge in [-0.2, -0.15) is 0 Å². The van der Waals surface area contributed by atoms with Gasteiger partial charge in [-0.25, -0.2) is 26.9 Å². The van der Waals surface area contributed by atoms with Crippen LogP contribution in [0.1, 0.15) is 49.2 Å². The Labute approximate surface area is 243 Å². The fourth-order valence-corrected chi connectivity index (χ4v) is 9.01. The summed E-state index contributed by atoms with van der Waals surface area (Å²) in [5, 5.41) is 14.4. The molecule has 2 aromatic rings. The monoisotopic (exact) mass is 654 g/mol. The van der Waals surface area contributed by atoms with E-state index in [1.165, 1.54) is 34.9 Å². The van der Waals surface area contributed by atoms with Gasteiger partial charge in [0.15, 0.2) is 10.8 Å². The van der Waals surface area contributed by atoms with E-state index in [4.69, 9.17) is 9.73 Å². The molecule has 1 atom stereocenters. The minimum atomic E-state index is -3.66. The highest BCUT2D eigenvalue weighted by Gasteiger charge is 2.53. The molecular formula is C26H28BrFN4O6S2. The van der Waals surface area contributed by atoms with Crippen LogP contribution in [0.25, 0.3) is 0 Å². The fraction of sp³-hybridized carbons (Fsp3) is 0.462. The number of allylic oxidation sites excluding steroid dienone is 1. The highest BCUT2D eigenvalue weighted by atomic mass is 79.9. The molecule has 2 aliphatic heterocycles. The summed E-state index contributed by atoms with van der Waals surface area (Å²) in [4.78, 5) is 33.8. The Kier molecular flexibility index (Phi) is 7.89. The molecule has 2 N–H and O–H groups in total. The van der Waals surface area contributed by atoms with Crippen molar-refractivity contribution in [3.05, 3.63) is 61.9 Å². The van der Waals surface area contributed by atoms with Crippen LogP contribution in [0.2, 0.25) is 0 Å². The standard InChI is InChI=1S/C26H28BrFN4O6S2/c1-26(25(34)35)12-16(13-26)40(36,37)32-8-5-14(6-9-32)20-19(24(33)38-2)21(17-4-3-15(28)11-18(17)27)31-22(30-20)23-29-7-10-39-23/h3-4,7,10-11,14,16,21H,5-6,8-9,12-13H2,1-2H3,(H,30,31)(H,34,35)/t16-,21?,26+. The molecule has 1 saturated carbocycles. The zero-order valence-electron chi connectivity index (χ0n) is 21.8. The number of ether oxygens (including phenoxy) is 1. The normalized spacial score (nSPS) is 26.1. The van der Waals surface area contributed by atoms with Crippen LogP contribution < -0.4 is 5.32 Å². The van der Waals surface area contributed by atoms with Gasteiger partial charge in [0.1, 0.15) is 11.9 Å². The topological polar surface area (TPSA) is 138 Å². The maximum Gasteiger partial charge on any atom is 0.338 e. The number of hydrogen-bond acceptors (Lipinski definition) is 9. The summed E-state index contributed by atoms with van der Waals surface area (Å²) in [7, 11) is -2.38. The molecule has 5 rings (SSSR count). The van der Waals surface area contributed by atoms with Gasteiger partial charge >= 0.3 is 11.9 Å². The quantitative estimate of drug-likeness (QED) is 0.429. The molecule has 3 aliphatic rings. The van der Waals surface area contributed by atoms with Gasteiger partial charge in [-0.3, -0.25) is 9.79 Å². The van der Waals surface area contributed by atoms with Crippen molar-refractivity contribution in [3.8, 4) is 0 Å². The number of benzene rings is 1. The Hall–Kier alpha value is -2.68. The van der Waals surface area contributed by atoms with Gasteiger partial charge in [0, 0.05) is 40.8 Å². The molecule has 1 saturated heterocycles. The van der Waals surface area contributed by atoms with Crippen LogP contribution in [0.4, 0.5) is 4.39 Å². The predicted octanol–water partition coefficient (Wildman–Crippen LogP) is 3.86. The van der Waals surface area contributed by atoms with E-state index < -0.39 is 44.5 Å². The second kappa shape index (κ2) is 11.0. The van der Waals surface area contributed by atoms with Crippen LogP contribution in [-0.2, 0) is 24.3 Å². The van der Waals surface area contributed by atoms with E-state index in [0.717, 1.165) is 0 Å². The molecule has 0 radical (unpaired) electrons. The number of nitrogens with zero attached hydrogens (tertiary/aromatic N) is 3. The average molecular weight is 656 g/mol. The highest BCUT2D eigenvalue weighted by Crippen LogP contribution is 2.46. The number of amidine groups is 1. The second-order valence-corrected chi connectivity index (χ2v) is 14.4. The molecule has 1 unspecified atom stereocenters. The zero-order chi connectivity index (χ0) is 28.8. The van der Waals surface area contributed by atoms with E-state index in [2.05, 4.69) is 26.2 Å². The van der Waals surface area contributed by atoms with E-state index in [1.807, 2.05) is 0 Å². The third-order valence-electron chi connectivity index (χ3n) is 7.89. The number of hydrogen-bond donors (Lipinski definition) is 2. The molecule has 40 heavy (non-hydrogen) atoms. The third-order valence-corrected chi connectivity index (χ3v) is 11.6. The lowest BCUT2D eigenvalue weighted by atomic mass is 9.70. The molecule has 3 heterocycles. The summed E-state index contributed by atoms with van der Waals surface area (Å²) in [5.41, 5.74) is 0.402. The molecular weight excluding hydrogens is 627 g/mol. The minimum absolute atomic E-state index is 0.0889. The van der Waals surface area contributed by atoms with Gasteiger partial charge in [-0.05, 0) is 50.3 Å². The number of nitrogens with one attached hydrogen (secondary N) is 1. The number of thiazole rings is 1. The Morgan fingerprint density at radius 2 is 1.98 bits per heavy atom. The van der Waals surface area contributed by atoms with Crippen molar-refractivity contribution in [1.29, 1.82) is 0 Å². The number of halogens is 2. The lowest BCUT2D eigenvalue weighted by molar-refractivity contribution is -0.152. The van der Waals surface area contributed by atoms with Crippen molar-refractivity contribution in [2.75, 3.05) is 20.2 Å². The minimum Gasteiger partial charge on any atom is -0.481 e. The molecule has 0 spiro atoms. The Bertz CT molecular complexity index is 1500. The number of carboxylic acids is 1. The van der Waals surface area contributed by atoms with E-state index in [0.29, 0.717) is 39.4 Å². The molecule has 1 aromatic carbocycles. The largest absolute Gasteiger partial charge is 0.481 e. The number of carbonyl (C=O) groups is 2. The molecule has 214 valence electrons. The first kappa shape index (κ1) is 28.8. The first-order valence-corrected chi connectivity index (χ1v) is 15.9. The van der Waals surface area contributed by atoms with Gasteiger partial charge in [0.05, 0.1) is 23.3 Å². The summed E-state index contributed by atoms with van der Waals surface area (Å²) in [6.45, 7) is 2.02. The van der Waals surface area contributed by atoms with Crippen LogP contribution in [-0.4, -0.2) is 66.0 Å². The number of piperidine rings is 1. The molecule has 0 bridgehead atoms. The lowest BCUT2D eigenvalue weighted by Gasteiger charge is -2.44. The summed E-state index contributed by atoms with van der Waals surface area (Å²) >= 11 is 4.78. The van der Waals surface area contributed by atoms with Crippen LogP contribution in [0.15, 0.2) is 50.5 Å². The Balaban J connectivity index is 1.45. The van der Waals surface area contributed by atoms with Crippen LogP contribution in [0, 0.1) is 17.2 Å². The number of rotatable bonds is 7.